The van der Waals surface area contributed by atoms with Crippen molar-refractivity contribution in [3.05, 3.63) is 52.2 Å². The number of hydrogen-bond acceptors (Lipinski definition) is 4. The van der Waals surface area contributed by atoms with Crippen LogP contribution in [0.4, 0.5) is 10.1 Å². The number of aromatic amines is 1. The third-order valence-corrected chi connectivity index (χ3v) is 3.35. The van der Waals surface area contributed by atoms with Gasteiger partial charge in [0.1, 0.15) is 5.82 Å². The Kier molecular flexibility index (Phi) is 4.52. The van der Waals surface area contributed by atoms with E-state index < -0.39 is 5.82 Å². The molecule has 0 saturated heterocycles. The lowest BCUT2D eigenvalue weighted by Crippen LogP contribution is -2.16. The maximum absolute atomic E-state index is 13.1. The molecule has 1 aromatic heterocycles. The van der Waals surface area contributed by atoms with Gasteiger partial charge in [-0.05, 0) is 24.6 Å². The van der Waals surface area contributed by atoms with E-state index >= 15 is 0 Å². The number of anilines is 1. The van der Waals surface area contributed by atoms with Gasteiger partial charge in [0.25, 0.3) is 5.56 Å². The first-order valence-corrected chi connectivity index (χ1v) is 6.77. The lowest BCUT2D eigenvalue weighted by atomic mass is 10.2. The number of thioether (sulfide) groups is 1. The molecule has 1 aromatic carbocycles. The molecule has 2 aromatic rings. The van der Waals surface area contributed by atoms with Crippen molar-refractivity contribution in [2.24, 2.45) is 0 Å². The van der Waals surface area contributed by atoms with E-state index in [2.05, 4.69) is 15.3 Å². The zero-order valence-corrected chi connectivity index (χ0v) is 11.5. The number of H-pyrrole nitrogens is 1. The number of carbonyl (C=O) groups is 1. The fourth-order valence-corrected chi connectivity index (χ4v) is 2.12. The van der Waals surface area contributed by atoms with Crippen molar-refractivity contribution in [2.45, 2.75) is 12.1 Å². The second kappa shape index (κ2) is 6.33. The van der Waals surface area contributed by atoms with Gasteiger partial charge in [-0.25, -0.2) is 9.37 Å². The number of amides is 1. The Morgan fingerprint density at radius 2 is 2.25 bits per heavy atom. The SMILES string of the molecule is Cc1ccc(F)cc1NC(=O)CSc1nccc(=O)[nH]1. The summed E-state index contributed by atoms with van der Waals surface area (Å²) < 4.78 is 13.1. The molecule has 0 bridgehead atoms. The lowest BCUT2D eigenvalue weighted by molar-refractivity contribution is -0.113. The van der Waals surface area contributed by atoms with Crippen LogP contribution >= 0.6 is 11.8 Å². The number of nitrogens with zero attached hydrogens (tertiary/aromatic N) is 1. The minimum absolute atomic E-state index is 0.0723. The maximum Gasteiger partial charge on any atom is 0.251 e. The van der Waals surface area contributed by atoms with Crippen LogP contribution in [-0.2, 0) is 4.79 Å². The molecule has 0 aliphatic heterocycles. The second-order valence-electron chi connectivity index (χ2n) is 4.04. The van der Waals surface area contributed by atoms with Gasteiger partial charge in [-0.3, -0.25) is 9.59 Å². The zero-order valence-electron chi connectivity index (χ0n) is 10.6. The van der Waals surface area contributed by atoms with E-state index in [4.69, 9.17) is 0 Å². The number of aromatic nitrogens is 2. The summed E-state index contributed by atoms with van der Waals surface area (Å²) in [4.78, 5) is 29.2. The molecule has 1 heterocycles. The van der Waals surface area contributed by atoms with Crippen LogP contribution in [0.25, 0.3) is 0 Å². The van der Waals surface area contributed by atoms with Crippen LogP contribution in [0.5, 0.6) is 0 Å². The Morgan fingerprint density at radius 3 is 3.00 bits per heavy atom. The van der Waals surface area contributed by atoms with Gasteiger partial charge in [0.2, 0.25) is 5.91 Å². The predicted octanol–water partition coefficient (Wildman–Crippen LogP) is 1.95. The fourth-order valence-electron chi connectivity index (χ4n) is 1.47. The summed E-state index contributed by atoms with van der Waals surface area (Å²) in [5.41, 5.74) is 0.935. The Hall–Kier alpha value is -2.15. The average Bonchev–Trinajstić information content (AvgIpc) is 2.41. The molecule has 2 rings (SSSR count). The summed E-state index contributed by atoms with van der Waals surface area (Å²) in [7, 11) is 0. The molecule has 0 saturated carbocycles. The molecule has 104 valence electrons. The number of aryl methyl sites for hydroxylation is 1. The second-order valence-corrected chi connectivity index (χ2v) is 5.00. The Morgan fingerprint density at radius 1 is 1.45 bits per heavy atom. The summed E-state index contributed by atoms with van der Waals surface area (Å²) >= 11 is 1.10. The van der Waals surface area contributed by atoms with Gasteiger partial charge >= 0.3 is 0 Å². The van der Waals surface area contributed by atoms with Crippen LogP contribution in [0.2, 0.25) is 0 Å². The van der Waals surface area contributed by atoms with Crippen LogP contribution in [0.1, 0.15) is 5.56 Å². The first kappa shape index (κ1) is 14.3. The maximum atomic E-state index is 13.1. The number of hydrogen-bond donors (Lipinski definition) is 2. The monoisotopic (exact) mass is 293 g/mol. The third kappa shape index (κ3) is 3.92. The molecule has 0 radical (unpaired) electrons. The van der Waals surface area contributed by atoms with Crippen molar-refractivity contribution < 1.29 is 9.18 Å². The highest BCUT2D eigenvalue weighted by Crippen LogP contribution is 2.17. The topological polar surface area (TPSA) is 74.8 Å². The minimum Gasteiger partial charge on any atom is -0.325 e. The van der Waals surface area contributed by atoms with Crippen molar-refractivity contribution in [2.75, 3.05) is 11.1 Å². The van der Waals surface area contributed by atoms with Gasteiger partial charge in [0.15, 0.2) is 5.16 Å². The van der Waals surface area contributed by atoms with Crippen LogP contribution < -0.4 is 10.9 Å². The molecule has 0 aliphatic rings. The van der Waals surface area contributed by atoms with Gasteiger partial charge < -0.3 is 10.3 Å². The standard InChI is InChI=1S/C13H12FN3O2S/c1-8-2-3-9(14)6-10(8)16-12(19)7-20-13-15-5-4-11(18)17-13/h2-6H,7H2,1H3,(H,16,19)(H,15,17,18). The molecule has 0 fully saturated rings. The van der Waals surface area contributed by atoms with Gasteiger partial charge in [-0.1, -0.05) is 17.8 Å². The number of halogens is 1. The zero-order chi connectivity index (χ0) is 14.5. The van der Waals surface area contributed by atoms with E-state index in [0.29, 0.717) is 10.8 Å². The Bertz CT molecular complexity index is 687. The van der Waals surface area contributed by atoms with Crippen molar-refractivity contribution in [3.8, 4) is 0 Å². The third-order valence-electron chi connectivity index (χ3n) is 2.46. The van der Waals surface area contributed by atoms with Crippen LogP contribution in [-0.4, -0.2) is 21.6 Å². The molecule has 0 unspecified atom stereocenters. The molecule has 7 heteroatoms. The van der Waals surface area contributed by atoms with Gasteiger partial charge in [-0.2, -0.15) is 0 Å². The van der Waals surface area contributed by atoms with E-state index in [1.54, 1.807) is 13.0 Å². The van der Waals surface area contributed by atoms with Crippen molar-refractivity contribution in [1.29, 1.82) is 0 Å². The van der Waals surface area contributed by atoms with E-state index in [1.165, 1.54) is 24.4 Å². The molecule has 1 amide bonds. The highest BCUT2D eigenvalue weighted by molar-refractivity contribution is 7.99. The van der Waals surface area contributed by atoms with E-state index in [9.17, 15) is 14.0 Å². The van der Waals surface area contributed by atoms with E-state index in [-0.39, 0.29) is 17.2 Å². The quantitative estimate of drug-likeness (QED) is 0.667. The molecule has 5 nitrogen and oxygen atoms in total. The largest absolute Gasteiger partial charge is 0.325 e. The summed E-state index contributed by atoms with van der Waals surface area (Å²) in [5.74, 6) is -0.633. The van der Waals surface area contributed by atoms with Crippen LogP contribution in [0, 0.1) is 12.7 Å². The van der Waals surface area contributed by atoms with Gasteiger partial charge in [0.05, 0.1) is 5.75 Å². The summed E-state index contributed by atoms with van der Waals surface area (Å²) in [5, 5.41) is 2.98. The van der Waals surface area contributed by atoms with Gasteiger partial charge in [-0.15, -0.1) is 0 Å². The molecule has 0 spiro atoms. The van der Waals surface area contributed by atoms with Gasteiger partial charge in [0, 0.05) is 18.0 Å². The number of nitrogens with one attached hydrogen (secondary N) is 2. The average molecular weight is 293 g/mol. The lowest BCUT2D eigenvalue weighted by Gasteiger charge is -2.08. The molecule has 20 heavy (non-hydrogen) atoms. The highest BCUT2D eigenvalue weighted by atomic mass is 32.2. The number of carbonyl (C=O) groups excluding carboxylic acids is 1. The first-order valence-electron chi connectivity index (χ1n) is 5.79. The fraction of sp³-hybridized carbons (Fsp3) is 0.154. The van der Waals surface area contributed by atoms with E-state index in [1.807, 2.05) is 0 Å². The first-order chi connectivity index (χ1) is 9.54. The minimum atomic E-state index is -0.410. The van der Waals surface area contributed by atoms with Crippen LogP contribution in [0.3, 0.4) is 0 Å². The van der Waals surface area contributed by atoms with Crippen molar-refractivity contribution in [3.63, 3.8) is 0 Å². The highest BCUT2D eigenvalue weighted by Gasteiger charge is 2.07. The van der Waals surface area contributed by atoms with Crippen molar-refractivity contribution in [1.82, 2.24) is 9.97 Å². The molecular formula is C13H12FN3O2S. The smallest absolute Gasteiger partial charge is 0.251 e. The number of benzene rings is 1. The Labute approximate surface area is 118 Å². The normalized spacial score (nSPS) is 10.3. The molecule has 2 N–H and O–H groups in total. The molecular weight excluding hydrogens is 281 g/mol. The summed E-state index contributed by atoms with van der Waals surface area (Å²) in [6.07, 6.45) is 1.37. The number of rotatable bonds is 4. The molecule has 0 atom stereocenters. The Balaban J connectivity index is 1.96. The van der Waals surface area contributed by atoms with Crippen LogP contribution in [0.15, 0.2) is 40.4 Å². The summed E-state index contributed by atoms with van der Waals surface area (Å²) in [6.45, 7) is 1.78. The van der Waals surface area contributed by atoms with Crippen molar-refractivity contribution >= 4 is 23.4 Å². The summed E-state index contributed by atoms with van der Waals surface area (Å²) in [6, 6.07) is 5.48. The predicted molar refractivity (Wildman–Crippen MR) is 75.3 cm³/mol. The molecule has 0 aliphatic carbocycles. The van der Waals surface area contributed by atoms with E-state index in [0.717, 1.165) is 17.3 Å².